The van der Waals surface area contributed by atoms with Gasteiger partial charge in [-0.2, -0.15) is 0 Å². The molecule has 0 aliphatic carbocycles. The van der Waals surface area contributed by atoms with Gasteiger partial charge in [-0.15, -0.1) is 0 Å². The number of carbonyl (C=O) groups is 1. The first-order chi connectivity index (χ1) is 10.3. The Labute approximate surface area is 131 Å². The Hall–Kier alpha value is -1.70. The average molecular weight is 326 g/mol. The Bertz CT molecular complexity index is 660. The van der Waals surface area contributed by atoms with Crippen molar-refractivity contribution >= 4 is 21.6 Å². The molecular formula is C14H22N4O3S. The Morgan fingerprint density at radius 3 is 2.77 bits per heavy atom. The molecule has 0 saturated carbocycles. The zero-order valence-corrected chi connectivity index (χ0v) is 14.0. The van der Waals surface area contributed by atoms with Crippen molar-refractivity contribution < 1.29 is 13.2 Å². The van der Waals surface area contributed by atoms with Crippen LogP contribution in [-0.4, -0.2) is 60.3 Å². The number of hydrogen-bond donors (Lipinski definition) is 1. The van der Waals surface area contributed by atoms with E-state index in [4.69, 9.17) is 0 Å². The summed E-state index contributed by atoms with van der Waals surface area (Å²) in [7, 11) is -1.39. The van der Waals surface area contributed by atoms with Crippen LogP contribution in [0.15, 0.2) is 6.07 Å². The van der Waals surface area contributed by atoms with Crippen LogP contribution in [-0.2, 0) is 9.84 Å². The molecule has 1 aromatic rings. The van der Waals surface area contributed by atoms with Gasteiger partial charge in [0.25, 0.3) is 5.91 Å². The van der Waals surface area contributed by atoms with Gasteiger partial charge in [0.05, 0.1) is 11.5 Å². The van der Waals surface area contributed by atoms with Crippen LogP contribution in [0.4, 0.5) is 5.82 Å². The van der Waals surface area contributed by atoms with Gasteiger partial charge in [0.2, 0.25) is 0 Å². The second-order valence-electron chi connectivity index (χ2n) is 5.59. The molecule has 1 aliphatic heterocycles. The van der Waals surface area contributed by atoms with Crippen LogP contribution < -0.4 is 5.32 Å². The standard InChI is InChI=1S/C14H22N4O3S/c1-4-6-15-13-8-12(16-10(2)17-13)14(19)18(3)11-5-7-22(20,21)9-11/h8,11H,4-7,9H2,1-3H3,(H,15,16,17). The van der Waals surface area contributed by atoms with E-state index in [2.05, 4.69) is 15.3 Å². The van der Waals surface area contributed by atoms with E-state index < -0.39 is 9.84 Å². The van der Waals surface area contributed by atoms with E-state index in [0.717, 1.165) is 13.0 Å². The van der Waals surface area contributed by atoms with Gasteiger partial charge in [-0.05, 0) is 19.8 Å². The molecule has 1 fully saturated rings. The van der Waals surface area contributed by atoms with Crippen molar-refractivity contribution in [3.63, 3.8) is 0 Å². The van der Waals surface area contributed by atoms with Crippen LogP contribution in [0.25, 0.3) is 0 Å². The van der Waals surface area contributed by atoms with E-state index in [9.17, 15) is 13.2 Å². The molecule has 1 amide bonds. The van der Waals surface area contributed by atoms with Crippen LogP contribution in [0.1, 0.15) is 36.1 Å². The highest BCUT2D eigenvalue weighted by Gasteiger charge is 2.33. The molecule has 1 N–H and O–H groups in total. The number of nitrogens with zero attached hydrogens (tertiary/aromatic N) is 3. The van der Waals surface area contributed by atoms with Crippen molar-refractivity contribution in [2.75, 3.05) is 30.4 Å². The predicted molar refractivity (Wildman–Crippen MR) is 84.7 cm³/mol. The van der Waals surface area contributed by atoms with Crippen molar-refractivity contribution in [3.8, 4) is 0 Å². The lowest BCUT2D eigenvalue weighted by molar-refractivity contribution is 0.0741. The molecule has 0 spiro atoms. The smallest absolute Gasteiger partial charge is 0.272 e. The molecule has 1 atom stereocenters. The molecule has 22 heavy (non-hydrogen) atoms. The molecule has 0 bridgehead atoms. The van der Waals surface area contributed by atoms with Crippen molar-refractivity contribution in [3.05, 3.63) is 17.6 Å². The molecule has 0 radical (unpaired) electrons. The summed E-state index contributed by atoms with van der Waals surface area (Å²) in [4.78, 5) is 22.4. The van der Waals surface area contributed by atoms with E-state index in [-0.39, 0.29) is 29.1 Å². The molecule has 2 heterocycles. The number of anilines is 1. The fourth-order valence-corrected chi connectivity index (χ4v) is 4.22. The summed E-state index contributed by atoms with van der Waals surface area (Å²) in [5.74, 6) is 1.02. The average Bonchev–Trinajstić information content (AvgIpc) is 2.83. The fraction of sp³-hybridized carbons (Fsp3) is 0.643. The third kappa shape index (κ3) is 3.94. The highest BCUT2D eigenvalue weighted by Crippen LogP contribution is 2.18. The first-order valence-electron chi connectivity index (χ1n) is 7.39. The van der Waals surface area contributed by atoms with Crippen molar-refractivity contribution in [2.45, 2.75) is 32.7 Å². The topological polar surface area (TPSA) is 92.3 Å². The number of rotatable bonds is 5. The molecule has 7 nitrogen and oxygen atoms in total. The van der Waals surface area contributed by atoms with Gasteiger partial charge in [0.15, 0.2) is 9.84 Å². The summed E-state index contributed by atoms with van der Waals surface area (Å²) in [6.45, 7) is 4.54. The highest BCUT2D eigenvalue weighted by molar-refractivity contribution is 7.91. The van der Waals surface area contributed by atoms with Crippen LogP contribution in [0.5, 0.6) is 0 Å². The van der Waals surface area contributed by atoms with Crippen molar-refractivity contribution in [1.29, 1.82) is 0 Å². The van der Waals surface area contributed by atoms with Crippen molar-refractivity contribution in [1.82, 2.24) is 14.9 Å². The summed E-state index contributed by atoms with van der Waals surface area (Å²) in [6, 6.07) is 1.34. The second kappa shape index (κ2) is 6.60. The minimum atomic E-state index is -3.02. The van der Waals surface area contributed by atoms with E-state index in [1.165, 1.54) is 4.90 Å². The molecule has 0 aromatic carbocycles. The molecule has 122 valence electrons. The maximum Gasteiger partial charge on any atom is 0.272 e. The summed E-state index contributed by atoms with van der Waals surface area (Å²) >= 11 is 0. The van der Waals surface area contributed by atoms with Crippen LogP contribution >= 0.6 is 0 Å². The first kappa shape index (κ1) is 16.7. The van der Waals surface area contributed by atoms with E-state index in [1.807, 2.05) is 6.92 Å². The summed E-state index contributed by atoms with van der Waals surface area (Å²) in [5, 5.41) is 3.13. The Kier molecular flexibility index (Phi) is 5.00. The second-order valence-corrected chi connectivity index (χ2v) is 7.81. The number of nitrogens with one attached hydrogen (secondary N) is 1. The maximum absolute atomic E-state index is 12.5. The lowest BCUT2D eigenvalue weighted by atomic mass is 10.2. The minimum absolute atomic E-state index is 0.0280. The summed E-state index contributed by atoms with van der Waals surface area (Å²) < 4.78 is 23.1. The number of amides is 1. The van der Waals surface area contributed by atoms with Crippen LogP contribution in [0.2, 0.25) is 0 Å². The maximum atomic E-state index is 12.5. The Morgan fingerprint density at radius 1 is 1.45 bits per heavy atom. The molecule has 1 unspecified atom stereocenters. The van der Waals surface area contributed by atoms with Gasteiger partial charge in [-0.1, -0.05) is 6.92 Å². The number of sulfone groups is 1. The third-order valence-corrected chi connectivity index (χ3v) is 5.44. The highest BCUT2D eigenvalue weighted by atomic mass is 32.2. The molecule has 8 heteroatoms. The lowest BCUT2D eigenvalue weighted by Gasteiger charge is -2.23. The minimum Gasteiger partial charge on any atom is -0.370 e. The predicted octanol–water partition coefficient (Wildman–Crippen LogP) is 0.866. The zero-order valence-electron chi connectivity index (χ0n) is 13.2. The molecule has 1 aliphatic rings. The summed E-state index contributed by atoms with van der Waals surface area (Å²) in [5.41, 5.74) is 0.290. The lowest BCUT2D eigenvalue weighted by Crippen LogP contribution is -2.38. The quantitative estimate of drug-likeness (QED) is 0.863. The molecule has 2 rings (SSSR count). The number of aryl methyl sites for hydroxylation is 1. The van der Waals surface area contributed by atoms with Gasteiger partial charge in [-0.25, -0.2) is 18.4 Å². The summed E-state index contributed by atoms with van der Waals surface area (Å²) in [6.07, 6.45) is 1.43. The largest absolute Gasteiger partial charge is 0.370 e. The number of hydrogen-bond acceptors (Lipinski definition) is 6. The van der Waals surface area contributed by atoms with E-state index >= 15 is 0 Å². The van der Waals surface area contributed by atoms with Crippen molar-refractivity contribution in [2.24, 2.45) is 0 Å². The van der Waals surface area contributed by atoms with E-state index in [1.54, 1.807) is 20.0 Å². The number of carbonyl (C=O) groups excluding carboxylic acids is 1. The first-order valence-corrected chi connectivity index (χ1v) is 9.21. The monoisotopic (exact) mass is 326 g/mol. The molecular weight excluding hydrogens is 304 g/mol. The SMILES string of the molecule is CCCNc1cc(C(=O)N(C)C2CCS(=O)(=O)C2)nc(C)n1. The van der Waals surface area contributed by atoms with Gasteiger partial charge in [0, 0.05) is 25.7 Å². The van der Waals surface area contributed by atoms with Gasteiger partial charge < -0.3 is 10.2 Å². The zero-order chi connectivity index (χ0) is 16.3. The third-order valence-electron chi connectivity index (χ3n) is 3.69. The normalized spacial score (nSPS) is 19.9. The number of aromatic nitrogens is 2. The van der Waals surface area contributed by atoms with Gasteiger partial charge in [-0.3, -0.25) is 4.79 Å². The van der Waals surface area contributed by atoms with Crippen LogP contribution in [0.3, 0.4) is 0 Å². The van der Waals surface area contributed by atoms with E-state index in [0.29, 0.717) is 18.1 Å². The Morgan fingerprint density at radius 2 is 2.18 bits per heavy atom. The fourth-order valence-electron chi connectivity index (χ4n) is 2.45. The Balaban J connectivity index is 2.16. The van der Waals surface area contributed by atoms with Crippen LogP contribution in [0, 0.1) is 6.92 Å². The van der Waals surface area contributed by atoms with Gasteiger partial charge in [0.1, 0.15) is 17.3 Å². The van der Waals surface area contributed by atoms with Gasteiger partial charge >= 0.3 is 0 Å². The molecule has 1 saturated heterocycles. The molecule has 1 aromatic heterocycles.